The van der Waals surface area contributed by atoms with Crippen molar-refractivity contribution in [3.05, 3.63) is 11.3 Å². The van der Waals surface area contributed by atoms with Crippen LogP contribution in [0.15, 0.2) is 11.3 Å². The van der Waals surface area contributed by atoms with Gasteiger partial charge in [0.2, 0.25) is 5.91 Å². The van der Waals surface area contributed by atoms with Gasteiger partial charge in [-0.3, -0.25) is 4.79 Å². The molecule has 0 aliphatic carbocycles. The normalized spacial score (nSPS) is 22.1. The van der Waals surface area contributed by atoms with Crippen LogP contribution in [0.1, 0.15) is 61.8 Å². The van der Waals surface area contributed by atoms with Crippen molar-refractivity contribution in [2.45, 2.75) is 67.9 Å². The summed E-state index contributed by atoms with van der Waals surface area (Å²) in [6, 6.07) is -0.0906. The first-order valence-electron chi connectivity index (χ1n) is 7.71. The number of carbonyl (C=O) groups excluding carboxylic acids is 1. The van der Waals surface area contributed by atoms with Crippen molar-refractivity contribution in [3.8, 4) is 0 Å². The fourth-order valence-electron chi connectivity index (χ4n) is 2.63. The van der Waals surface area contributed by atoms with Gasteiger partial charge < -0.3 is 10.6 Å². The van der Waals surface area contributed by atoms with E-state index >= 15 is 0 Å². The Labute approximate surface area is 124 Å². The molecule has 0 radical (unpaired) electrons. The van der Waals surface area contributed by atoms with E-state index in [0.29, 0.717) is 5.92 Å². The summed E-state index contributed by atoms with van der Waals surface area (Å²) in [5.74, 6) is 0.621. The number of nitrogens with one attached hydrogen (secondary N) is 2. The zero-order chi connectivity index (χ0) is 15.7. The molecule has 1 rings (SSSR count). The molecule has 0 spiro atoms. The minimum atomic E-state index is -0.0906. The number of hydrogen-bond donors (Lipinski definition) is 2. The number of amides is 1. The third-order valence-corrected chi connectivity index (χ3v) is 3.75. The van der Waals surface area contributed by atoms with Crippen LogP contribution in [0, 0.1) is 16.7 Å². The molecule has 1 atom stereocenters. The van der Waals surface area contributed by atoms with Crippen molar-refractivity contribution in [1.82, 2.24) is 10.6 Å². The maximum Gasteiger partial charge on any atom is 0.241 e. The molecule has 0 unspecified atom stereocenters. The minimum Gasteiger partial charge on any atom is -0.328 e. The van der Waals surface area contributed by atoms with Gasteiger partial charge in [0.15, 0.2) is 0 Å². The summed E-state index contributed by atoms with van der Waals surface area (Å²) in [6.45, 7) is 18.2. The third kappa shape index (κ3) is 4.34. The van der Waals surface area contributed by atoms with Gasteiger partial charge >= 0.3 is 0 Å². The molecule has 0 aromatic carbocycles. The van der Waals surface area contributed by atoms with E-state index in [9.17, 15) is 4.79 Å². The molecule has 1 amide bonds. The van der Waals surface area contributed by atoms with Crippen LogP contribution in [0.2, 0.25) is 0 Å². The minimum absolute atomic E-state index is 0.0489. The summed E-state index contributed by atoms with van der Waals surface area (Å²) in [7, 11) is 0. The first kappa shape index (κ1) is 17.2. The maximum absolute atomic E-state index is 12.5. The van der Waals surface area contributed by atoms with Gasteiger partial charge in [-0.2, -0.15) is 0 Å². The molecule has 0 bridgehead atoms. The van der Waals surface area contributed by atoms with Crippen molar-refractivity contribution in [2.24, 2.45) is 16.7 Å². The van der Waals surface area contributed by atoms with Crippen molar-refractivity contribution in [3.63, 3.8) is 0 Å². The molecule has 0 fully saturated rings. The van der Waals surface area contributed by atoms with Crippen LogP contribution in [-0.2, 0) is 4.79 Å². The summed E-state index contributed by atoms with van der Waals surface area (Å²) in [5, 5.41) is 6.66. The molecule has 1 aliphatic heterocycles. The Balaban J connectivity index is 3.13. The highest BCUT2D eigenvalue weighted by atomic mass is 16.2. The number of hydrogen-bond acceptors (Lipinski definition) is 2. The van der Waals surface area contributed by atoms with E-state index in [0.717, 1.165) is 18.7 Å². The summed E-state index contributed by atoms with van der Waals surface area (Å²) in [4.78, 5) is 12.5. The maximum atomic E-state index is 12.5. The predicted octanol–water partition coefficient (Wildman–Crippen LogP) is 3.47. The first-order chi connectivity index (χ1) is 8.93. The second-order valence-electron chi connectivity index (χ2n) is 8.41. The van der Waals surface area contributed by atoms with Gasteiger partial charge in [-0.05, 0) is 23.3 Å². The van der Waals surface area contributed by atoms with Crippen LogP contribution in [0.3, 0.4) is 0 Å². The zero-order valence-electron chi connectivity index (χ0n) is 14.5. The lowest BCUT2D eigenvalue weighted by Gasteiger charge is -2.32. The Bertz CT molecular complexity index is 394. The Kier molecular flexibility index (Phi) is 5.07. The molecule has 20 heavy (non-hydrogen) atoms. The van der Waals surface area contributed by atoms with Crippen molar-refractivity contribution in [2.75, 3.05) is 6.54 Å². The van der Waals surface area contributed by atoms with Gasteiger partial charge in [-0.1, -0.05) is 55.4 Å². The molecule has 0 aromatic rings. The molecular formula is C17H32N2O. The van der Waals surface area contributed by atoms with E-state index in [1.165, 1.54) is 5.57 Å². The Morgan fingerprint density at radius 1 is 1.10 bits per heavy atom. The highest BCUT2D eigenvalue weighted by molar-refractivity contribution is 5.84. The summed E-state index contributed by atoms with van der Waals surface area (Å²) < 4.78 is 0. The van der Waals surface area contributed by atoms with Gasteiger partial charge in [0.1, 0.15) is 0 Å². The Hall–Kier alpha value is -0.830. The van der Waals surface area contributed by atoms with Crippen LogP contribution in [0.25, 0.3) is 0 Å². The van der Waals surface area contributed by atoms with E-state index in [2.05, 4.69) is 66.0 Å². The van der Waals surface area contributed by atoms with Crippen molar-refractivity contribution >= 4 is 5.91 Å². The van der Waals surface area contributed by atoms with Crippen LogP contribution in [0.5, 0.6) is 0 Å². The first-order valence-corrected chi connectivity index (χ1v) is 7.71. The molecule has 2 N–H and O–H groups in total. The van der Waals surface area contributed by atoms with Crippen LogP contribution in [0.4, 0.5) is 0 Å². The zero-order valence-corrected chi connectivity index (χ0v) is 14.5. The number of carbonyl (C=O) groups is 1. The predicted molar refractivity (Wildman–Crippen MR) is 85.3 cm³/mol. The highest BCUT2D eigenvalue weighted by Gasteiger charge is 2.34. The molecule has 0 saturated heterocycles. The topological polar surface area (TPSA) is 41.1 Å². The second-order valence-corrected chi connectivity index (χ2v) is 8.41. The Morgan fingerprint density at radius 2 is 1.65 bits per heavy atom. The summed E-state index contributed by atoms with van der Waals surface area (Å²) >= 11 is 0. The quantitative estimate of drug-likeness (QED) is 0.813. The lowest BCUT2D eigenvalue weighted by molar-refractivity contribution is -0.122. The molecule has 0 saturated carbocycles. The molecule has 3 nitrogen and oxygen atoms in total. The van der Waals surface area contributed by atoms with E-state index < -0.39 is 0 Å². The monoisotopic (exact) mass is 280 g/mol. The standard InChI is InChI=1S/C17H32N2O/c1-11(2)9-13-15(20)19-14(17(6,7)8)12(10-18-13)16(3,4)5/h11,13,18H,9-10H2,1-8H3,(H,19,20)/t13-/m1/s1. The smallest absolute Gasteiger partial charge is 0.241 e. The fourth-order valence-corrected chi connectivity index (χ4v) is 2.63. The average Bonchev–Trinajstić information content (AvgIpc) is 2.37. The molecule has 1 heterocycles. The third-order valence-electron chi connectivity index (χ3n) is 3.75. The lowest BCUT2D eigenvalue weighted by Crippen LogP contribution is -2.43. The van der Waals surface area contributed by atoms with E-state index in [4.69, 9.17) is 0 Å². The van der Waals surface area contributed by atoms with E-state index in [1.54, 1.807) is 0 Å². The van der Waals surface area contributed by atoms with Crippen molar-refractivity contribution in [1.29, 1.82) is 0 Å². The Morgan fingerprint density at radius 3 is 2.05 bits per heavy atom. The molecule has 116 valence electrons. The lowest BCUT2D eigenvalue weighted by atomic mass is 9.78. The van der Waals surface area contributed by atoms with Gasteiger partial charge in [0.25, 0.3) is 0 Å². The second kappa shape index (κ2) is 5.88. The van der Waals surface area contributed by atoms with E-state index in [-0.39, 0.29) is 22.8 Å². The van der Waals surface area contributed by atoms with Gasteiger partial charge in [0, 0.05) is 17.7 Å². The number of allylic oxidation sites excluding steroid dienone is 1. The molecule has 0 aromatic heterocycles. The van der Waals surface area contributed by atoms with Gasteiger partial charge in [-0.15, -0.1) is 0 Å². The van der Waals surface area contributed by atoms with Crippen LogP contribution >= 0.6 is 0 Å². The van der Waals surface area contributed by atoms with E-state index in [1.807, 2.05) is 0 Å². The van der Waals surface area contributed by atoms with Crippen LogP contribution < -0.4 is 10.6 Å². The average molecular weight is 280 g/mol. The SMILES string of the molecule is CC(C)C[C@H]1NCC(C(C)(C)C)=C(C(C)(C)C)NC1=O. The number of rotatable bonds is 2. The van der Waals surface area contributed by atoms with Crippen molar-refractivity contribution < 1.29 is 4.79 Å². The molecule has 1 aliphatic rings. The summed E-state index contributed by atoms with van der Waals surface area (Å²) in [5.41, 5.74) is 2.40. The van der Waals surface area contributed by atoms with Gasteiger partial charge in [-0.25, -0.2) is 0 Å². The molecule has 3 heteroatoms. The van der Waals surface area contributed by atoms with Crippen LogP contribution in [-0.4, -0.2) is 18.5 Å². The van der Waals surface area contributed by atoms with Gasteiger partial charge in [0.05, 0.1) is 6.04 Å². The fraction of sp³-hybridized carbons (Fsp3) is 0.824. The molecular weight excluding hydrogens is 248 g/mol. The summed E-state index contributed by atoms with van der Waals surface area (Å²) in [6.07, 6.45) is 0.876. The largest absolute Gasteiger partial charge is 0.328 e. The highest BCUT2D eigenvalue weighted by Crippen LogP contribution is 2.35.